The van der Waals surface area contributed by atoms with Gasteiger partial charge < -0.3 is 4.74 Å². The largest absolute Gasteiger partial charge is 0.491 e. The summed E-state index contributed by atoms with van der Waals surface area (Å²) < 4.78 is 6.64. The summed E-state index contributed by atoms with van der Waals surface area (Å²) in [5.41, 5.74) is 1.36. The minimum atomic E-state index is 0.398. The Balaban J connectivity index is 1.74. The molecule has 1 nitrogen and oxygen atoms in total. The first-order valence-corrected chi connectivity index (χ1v) is 8.67. The molecular formula is C15H11BrCl2OS. The van der Waals surface area contributed by atoms with E-state index in [1.54, 1.807) is 12.1 Å². The smallest absolute Gasteiger partial charge is 0.139 e. The molecule has 20 heavy (non-hydrogen) atoms. The zero-order valence-corrected chi connectivity index (χ0v) is 14.3. The first-order valence-electron chi connectivity index (χ1n) is 6.14. The van der Waals surface area contributed by atoms with Crippen molar-refractivity contribution in [3.8, 4) is 5.75 Å². The lowest BCUT2D eigenvalue weighted by Gasteiger charge is -2.14. The van der Waals surface area contributed by atoms with Gasteiger partial charge in [-0.05, 0) is 33.6 Å². The van der Waals surface area contributed by atoms with Crippen LogP contribution in [-0.4, -0.2) is 12.4 Å². The molecule has 2 aromatic carbocycles. The molecule has 0 amide bonds. The number of hydrogen-bond donors (Lipinski definition) is 0. The maximum atomic E-state index is 6.17. The second kappa shape index (κ2) is 6.18. The number of thioether (sulfide) groups is 1. The van der Waals surface area contributed by atoms with Crippen LogP contribution < -0.4 is 4.74 Å². The summed E-state index contributed by atoms with van der Waals surface area (Å²) in [5.74, 6) is 2.07. The molecule has 0 saturated heterocycles. The van der Waals surface area contributed by atoms with Gasteiger partial charge in [0.1, 0.15) is 5.75 Å². The second-order valence-electron chi connectivity index (χ2n) is 4.55. The predicted octanol–water partition coefficient (Wildman–Crippen LogP) is 6.02. The zero-order valence-electron chi connectivity index (χ0n) is 10.4. The highest BCUT2D eigenvalue weighted by molar-refractivity contribution is 9.10. The lowest BCUT2D eigenvalue weighted by atomic mass is 10.0. The van der Waals surface area contributed by atoms with Gasteiger partial charge >= 0.3 is 0 Å². The van der Waals surface area contributed by atoms with E-state index in [9.17, 15) is 0 Å². The standard InChI is InChI=1S/C15H11BrCl2OS/c16-11-5-13(18)14(6-12(11)17)19-7-9-8-20-15-4-2-1-3-10(9)15/h1-6,9H,7-8H2. The van der Waals surface area contributed by atoms with Gasteiger partial charge in [0, 0.05) is 27.1 Å². The van der Waals surface area contributed by atoms with E-state index in [-0.39, 0.29) is 0 Å². The molecule has 3 rings (SSSR count). The summed E-state index contributed by atoms with van der Waals surface area (Å²) in [5, 5.41) is 1.17. The van der Waals surface area contributed by atoms with E-state index in [4.69, 9.17) is 27.9 Å². The average molecular weight is 390 g/mol. The van der Waals surface area contributed by atoms with E-state index in [1.807, 2.05) is 11.8 Å². The van der Waals surface area contributed by atoms with Crippen LogP contribution in [0.2, 0.25) is 10.0 Å². The molecule has 0 radical (unpaired) electrons. The van der Waals surface area contributed by atoms with E-state index in [1.165, 1.54) is 10.5 Å². The van der Waals surface area contributed by atoms with Crippen LogP contribution in [-0.2, 0) is 0 Å². The van der Waals surface area contributed by atoms with Crippen LogP contribution in [0.1, 0.15) is 11.5 Å². The highest BCUT2D eigenvalue weighted by atomic mass is 79.9. The number of halogens is 3. The van der Waals surface area contributed by atoms with Crippen molar-refractivity contribution in [3.63, 3.8) is 0 Å². The van der Waals surface area contributed by atoms with E-state index in [0.29, 0.717) is 28.3 Å². The molecule has 2 aromatic rings. The summed E-state index contributed by atoms with van der Waals surface area (Å²) in [6, 6.07) is 12.0. The molecule has 0 spiro atoms. The summed E-state index contributed by atoms with van der Waals surface area (Å²) in [4.78, 5) is 1.35. The molecule has 0 N–H and O–H groups in total. The predicted molar refractivity (Wildman–Crippen MR) is 89.6 cm³/mol. The third-order valence-corrected chi connectivity index (χ3v) is 5.96. The van der Waals surface area contributed by atoms with Crippen molar-refractivity contribution >= 4 is 50.9 Å². The Morgan fingerprint density at radius 3 is 2.85 bits per heavy atom. The van der Waals surface area contributed by atoms with Crippen LogP contribution in [0.15, 0.2) is 45.8 Å². The number of fused-ring (bicyclic) bond motifs is 1. The van der Waals surface area contributed by atoms with Gasteiger partial charge in [-0.3, -0.25) is 0 Å². The summed E-state index contributed by atoms with van der Waals surface area (Å²) in [7, 11) is 0. The third kappa shape index (κ3) is 2.96. The number of rotatable bonds is 3. The molecule has 0 aromatic heterocycles. The van der Waals surface area contributed by atoms with Crippen molar-refractivity contribution in [2.45, 2.75) is 10.8 Å². The van der Waals surface area contributed by atoms with E-state index in [0.717, 1.165) is 10.2 Å². The average Bonchev–Trinajstić information content (AvgIpc) is 2.85. The highest BCUT2D eigenvalue weighted by Gasteiger charge is 2.23. The topological polar surface area (TPSA) is 9.23 Å². The van der Waals surface area contributed by atoms with Gasteiger partial charge in [-0.25, -0.2) is 0 Å². The molecule has 0 aliphatic carbocycles. The lowest BCUT2D eigenvalue weighted by Crippen LogP contribution is -2.10. The van der Waals surface area contributed by atoms with E-state index in [2.05, 4.69) is 40.2 Å². The lowest BCUT2D eigenvalue weighted by molar-refractivity contribution is 0.298. The SMILES string of the molecule is Clc1cc(OCC2CSc3ccccc32)c(Cl)cc1Br. The maximum absolute atomic E-state index is 6.17. The van der Waals surface area contributed by atoms with Gasteiger partial charge in [0.25, 0.3) is 0 Å². The Hall–Kier alpha value is -0.350. The van der Waals surface area contributed by atoms with Crippen LogP contribution >= 0.6 is 50.9 Å². The Bertz CT molecular complexity index is 648. The molecule has 5 heteroatoms. The van der Waals surface area contributed by atoms with Crippen molar-refractivity contribution in [2.24, 2.45) is 0 Å². The molecule has 1 aliphatic rings. The summed E-state index contributed by atoms with van der Waals surface area (Å²) >= 11 is 17.5. The zero-order chi connectivity index (χ0) is 14.1. The molecule has 1 aliphatic heterocycles. The van der Waals surface area contributed by atoms with Gasteiger partial charge in [-0.1, -0.05) is 41.4 Å². The van der Waals surface area contributed by atoms with Crippen LogP contribution in [0.25, 0.3) is 0 Å². The molecule has 1 atom stereocenters. The van der Waals surface area contributed by atoms with Crippen LogP contribution in [0, 0.1) is 0 Å². The Labute approximate surface area is 140 Å². The van der Waals surface area contributed by atoms with Crippen LogP contribution in [0.4, 0.5) is 0 Å². The van der Waals surface area contributed by atoms with Crippen molar-refractivity contribution in [3.05, 3.63) is 56.5 Å². The number of ether oxygens (including phenoxy) is 1. The molecule has 1 unspecified atom stereocenters. The summed E-state index contributed by atoms with van der Waals surface area (Å²) in [6.45, 7) is 0.613. The number of benzene rings is 2. The Morgan fingerprint density at radius 2 is 2.00 bits per heavy atom. The minimum absolute atomic E-state index is 0.398. The Kier molecular flexibility index (Phi) is 4.51. The monoisotopic (exact) mass is 388 g/mol. The number of hydrogen-bond acceptors (Lipinski definition) is 2. The molecule has 104 valence electrons. The molecule has 0 saturated carbocycles. The quantitative estimate of drug-likeness (QED) is 0.593. The fourth-order valence-corrected chi connectivity index (χ4v) is 4.25. The fourth-order valence-electron chi connectivity index (χ4n) is 2.17. The Morgan fingerprint density at radius 1 is 1.20 bits per heavy atom. The van der Waals surface area contributed by atoms with Crippen LogP contribution in [0.3, 0.4) is 0 Å². The van der Waals surface area contributed by atoms with Crippen molar-refractivity contribution < 1.29 is 4.74 Å². The highest BCUT2D eigenvalue weighted by Crippen LogP contribution is 2.40. The molecular weight excluding hydrogens is 379 g/mol. The van der Waals surface area contributed by atoms with Crippen LogP contribution in [0.5, 0.6) is 5.75 Å². The maximum Gasteiger partial charge on any atom is 0.139 e. The molecule has 1 heterocycles. The van der Waals surface area contributed by atoms with Gasteiger partial charge in [0.05, 0.1) is 16.7 Å². The fraction of sp³-hybridized carbons (Fsp3) is 0.200. The van der Waals surface area contributed by atoms with E-state index >= 15 is 0 Å². The van der Waals surface area contributed by atoms with Gasteiger partial charge in [-0.15, -0.1) is 11.8 Å². The van der Waals surface area contributed by atoms with E-state index < -0.39 is 0 Å². The van der Waals surface area contributed by atoms with Gasteiger partial charge in [0.2, 0.25) is 0 Å². The third-order valence-electron chi connectivity index (χ3n) is 3.21. The summed E-state index contributed by atoms with van der Waals surface area (Å²) in [6.07, 6.45) is 0. The normalized spacial score (nSPS) is 17.1. The first kappa shape index (κ1) is 14.6. The van der Waals surface area contributed by atoms with Crippen molar-refractivity contribution in [1.29, 1.82) is 0 Å². The molecule has 0 fully saturated rings. The second-order valence-corrected chi connectivity index (χ2v) is 7.28. The van der Waals surface area contributed by atoms with Crippen molar-refractivity contribution in [1.82, 2.24) is 0 Å². The first-order chi connectivity index (χ1) is 9.65. The van der Waals surface area contributed by atoms with Gasteiger partial charge in [0.15, 0.2) is 0 Å². The minimum Gasteiger partial charge on any atom is -0.491 e. The molecule has 0 bridgehead atoms. The van der Waals surface area contributed by atoms with Gasteiger partial charge in [-0.2, -0.15) is 0 Å². The van der Waals surface area contributed by atoms with Crippen molar-refractivity contribution in [2.75, 3.05) is 12.4 Å².